The molecule has 2 N–H and O–H groups in total. The van der Waals surface area contributed by atoms with Crippen molar-refractivity contribution in [2.24, 2.45) is 28.6 Å². The third kappa shape index (κ3) is 2.79. The zero-order valence-corrected chi connectivity index (χ0v) is 17.3. The highest BCUT2D eigenvalue weighted by atomic mass is 16.5. The summed E-state index contributed by atoms with van der Waals surface area (Å²) >= 11 is 0. The van der Waals surface area contributed by atoms with Gasteiger partial charge in [0.2, 0.25) is 5.78 Å². The van der Waals surface area contributed by atoms with Crippen LogP contribution in [0, 0.1) is 28.6 Å². The third-order valence-electron chi connectivity index (χ3n) is 8.48. The lowest BCUT2D eigenvalue weighted by Crippen LogP contribution is -2.61. The molecule has 0 aromatic heterocycles. The highest BCUT2D eigenvalue weighted by Gasteiger charge is 2.67. The molecule has 4 aliphatic carbocycles. The Balaban J connectivity index is 1.69. The molecule has 0 aromatic carbocycles. The van der Waals surface area contributed by atoms with Gasteiger partial charge in [-0.2, -0.15) is 0 Å². The van der Waals surface area contributed by atoms with Gasteiger partial charge in [-0.1, -0.05) is 26.0 Å². The fraction of sp³-hybridized carbons (Fsp3) is 0.696. The van der Waals surface area contributed by atoms with Gasteiger partial charge in [-0.15, -0.1) is 0 Å². The standard InChI is InChI=1S/C23H30O6/c1-13(24)29-12-19(27)23(28)9-7-17-16-5-4-14-10-15(25)6-8-21(14,2)20(16)18(26)11-22(17,23)3/h4-5,10,16-18,20,26,28H,6-9,11-12H2,1-3H3. The highest BCUT2D eigenvalue weighted by Crippen LogP contribution is 2.66. The Morgan fingerprint density at radius 2 is 2.00 bits per heavy atom. The first kappa shape index (κ1) is 20.5. The van der Waals surface area contributed by atoms with Gasteiger partial charge in [0, 0.05) is 24.7 Å². The zero-order valence-electron chi connectivity index (χ0n) is 17.3. The Labute approximate surface area is 171 Å². The maximum atomic E-state index is 12.9. The summed E-state index contributed by atoms with van der Waals surface area (Å²) in [6, 6.07) is 0. The molecule has 4 rings (SSSR count). The van der Waals surface area contributed by atoms with Crippen LogP contribution in [0.1, 0.15) is 52.9 Å². The maximum absolute atomic E-state index is 12.9. The van der Waals surface area contributed by atoms with Gasteiger partial charge in [0.05, 0.1) is 6.10 Å². The van der Waals surface area contributed by atoms with Crippen molar-refractivity contribution in [3.8, 4) is 0 Å². The first-order valence-corrected chi connectivity index (χ1v) is 10.5. The monoisotopic (exact) mass is 402 g/mol. The van der Waals surface area contributed by atoms with Crippen molar-refractivity contribution < 1.29 is 29.3 Å². The van der Waals surface area contributed by atoms with Gasteiger partial charge in [-0.3, -0.25) is 14.4 Å². The molecule has 0 saturated heterocycles. The number of Topliss-reactive ketones (excluding diaryl/α,β-unsaturated/α-hetero) is 1. The van der Waals surface area contributed by atoms with E-state index in [1.165, 1.54) is 6.92 Å². The zero-order chi connectivity index (χ0) is 21.2. The Hall–Kier alpha value is -1.79. The van der Waals surface area contributed by atoms with Crippen LogP contribution in [0.4, 0.5) is 0 Å². The number of ketones is 2. The van der Waals surface area contributed by atoms with E-state index in [0.717, 1.165) is 5.57 Å². The van der Waals surface area contributed by atoms with Gasteiger partial charge in [-0.05, 0) is 54.6 Å². The van der Waals surface area contributed by atoms with Crippen LogP contribution in [0.15, 0.2) is 23.8 Å². The van der Waals surface area contributed by atoms with Crippen LogP contribution in [0.2, 0.25) is 0 Å². The van der Waals surface area contributed by atoms with E-state index in [0.29, 0.717) is 32.1 Å². The number of fused-ring (bicyclic) bond motifs is 5. The van der Waals surface area contributed by atoms with Gasteiger partial charge in [0.15, 0.2) is 12.4 Å². The van der Waals surface area contributed by atoms with Crippen LogP contribution in [0.25, 0.3) is 0 Å². The van der Waals surface area contributed by atoms with Crippen molar-refractivity contribution in [2.75, 3.05) is 6.61 Å². The minimum atomic E-state index is -1.62. The Morgan fingerprint density at radius 1 is 1.28 bits per heavy atom. The van der Waals surface area contributed by atoms with Crippen LogP contribution in [-0.4, -0.2) is 46.1 Å². The summed E-state index contributed by atoms with van der Waals surface area (Å²) < 4.78 is 4.87. The van der Waals surface area contributed by atoms with Gasteiger partial charge < -0.3 is 14.9 Å². The van der Waals surface area contributed by atoms with E-state index in [1.54, 1.807) is 6.08 Å². The molecule has 158 valence electrons. The number of ether oxygens (including phenoxy) is 1. The molecule has 0 aromatic rings. The van der Waals surface area contributed by atoms with Gasteiger partial charge in [0.1, 0.15) is 5.60 Å². The summed E-state index contributed by atoms with van der Waals surface area (Å²) in [7, 11) is 0. The lowest BCUT2D eigenvalue weighted by atomic mass is 9.47. The molecular weight excluding hydrogens is 372 g/mol. The first-order chi connectivity index (χ1) is 13.5. The van der Waals surface area contributed by atoms with Crippen LogP contribution in [0.3, 0.4) is 0 Å². The van der Waals surface area contributed by atoms with Crippen molar-refractivity contribution in [3.05, 3.63) is 23.8 Å². The molecular formula is C23H30O6. The van der Waals surface area contributed by atoms with Crippen LogP contribution in [0.5, 0.6) is 0 Å². The second-order valence-corrected chi connectivity index (χ2v) is 9.84. The topological polar surface area (TPSA) is 101 Å². The number of hydrogen-bond acceptors (Lipinski definition) is 6. The van der Waals surface area contributed by atoms with Gasteiger partial charge in [0.25, 0.3) is 0 Å². The van der Waals surface area contributed by atoms with Crippen molar-refractivity contribution in [3.63, 3.8) is 0 Å². The van der Waals surface area contributed by atoms with E-state index in [1.807, 2.05) is 13.0 Å². The number of allylic oxidation sites excluding steroid dienone is 4. The van der Waals surface area contributed by atoms with Crippen molar-refractivity contribution in [2.45, 2.75) is 64.6 Å². The molecule has 6 nitrogen and oxygen atoms in total. The molecule has 2 saturated carbocycles. The summed E-state index contributed by atoms with van der Waals surface area (Å²) in [5, 5.41) is 22.7. The summed E-state index contributed by atoms with van der Waals surface area (Å²) in [6.07, 6.45) is 7.57. The molecule has 4 aliphatic rings. The Bertz CT molecular complexity index is 827. The molecule has 0 bridgehead atoms. The number of carbonyl (C=O) groups excluding carboxylic acids is 3. The Morgan fingerprint density at radius 3 is 2.69 bits per heavy atom. The fourth-order valence-corrected chi connectivity index (χ4v) is 6.88. The average Bonchev–Trinajstić information content (AvgIpc) is 2.91. The molecule has 7 unspecified atom stereocenters. The average molecular weight is 402 g/mol. The number of aliphatic hydroxyl groups is 2. The predicted molar refractivity (Wildman–Crippen MR) is 105 cm³/mol. The number of rotatable bonds is 3. The molecule has 29 heavy (non-hydrogen) atoms. The van der Waals surface area contributed by atoms with Crippen molar-refractivity contribution >= 4 is 17.5 Å². The van der Waals surface area contributed by atoms with Crippen LogP contribution in [-0.2, 0) is 19.1 Å². The normalized spacial score (nSPS) is 45.7. The summed E-state index contributed by atoms with van der Waals surface area (Å²) in [6.45, 7) is 4.81. The summed E-state index contributed by atoms with van der Waals surface area (Å²) in [4.78, 5) is 35.9. The van der Waals surface area contributed by atoms with E-state index < -0.39 is 35.5 Å². The van der Waals surface area contributed by atoms with Gasteiger partial charge in [-0.25, -0.2) is 0 Å². The smallest absolute Gasteiger partial charge is 0.303 e. The van der Waals surface area contributed by atoms with Crippen LogP contribution >= 0.6 is 0 Å². The molecule has 0 amide bonds. The third-order valence-corrected chi connectivity index (χ3v) is 8.48. The summed E-state index contributed by atoms with van der Waals surface area (Å²) in [5.41, 5.74) is -1.71. The number of hydrogen-bond donors (Lipinski definition) is 2. The molecule has 0 aliphatic heterocycles. The van der Waals surface area contributed by atoms with Gasteiger partial charge >= 0.3 is 5.97 Å². The van der Waals surface area contributed by atoms with E-state index in [2.05, 4.69) is 13.0 Å². The lowest BCUT2D eigenvalue weighted by molar-refractivity contribution is -0.177. The number of carbonyl (C=O) groups is 3. The first-order valence-electron chi connectivity index (χ1n) is 10.5. The predicted octanol–water partition coefficient (Wildman–Crippen LogP) is 2.13. The lowest BCUT2D eigenvalue weighted by Gasteiger charge is -2.58. The molecule has 2 fully saturated rings. The maximum Gasteiger partial charge on any atom is 0.303 e. The fourth-order valence-electron chi connectivity index (χ4n) is 6.88. The molecule has 6 heteroatoms. The Kier molecular flexibility index (Phi) is 4.67. The largest absolute Gasteiger partial charge is 0.458 e. The van der Waals surface area contributed by atoms with Crippen molar-refractivity contribution in [1.82, 2.24) is 0 Å². The minimum Gasteiger partial charge on any atom is -0.458 e. The minimum absolute atomic E-state index is 0.0228. The van der Waals surface area contributed by atoms with Crippen molar-refractivity contribution in [1.29, 1.82) is 0 Å². The molecule has 0 spiro atoms. The van der Waals surface area contributed by atoms with E-state index >= 15 is 0 Å². The summed E-state index contributed by atoms with van der Waals surface area (Å²) in [5.74, 6) is -0.903. The molecule has 7 atom stereocenters. The second-order valence-electron chi connectivity index (χ2n) is 9.84. The second kappa shape index (κ2) is 6.61. The van der Waals surface area contributed by atoms with Crippen LogP contribution < -0.4 is 0 Å². The molecule has 0 radical (unpaired) electrons. The van der Waals surface area contributed by atoms with E-state index in [4.69, 9.17) is 4.74 Å². The quantitative estimate of drug-likeness (QED) is 0.702. The number of esters is 1. The SMILES string of the molecule is CC(=O)OCC(=O)C1(O)CCC2C3C=CC4=CC(=O)CCC4(C)C3C(O)CC21C. The van der Waals surface area contributed by atoms with E-state index in [-0.39, 0.29) is 29.0 Å². The number of aliphatic hydroxyl groups excluding tert-OH is 1. The molecule has 0 heterocycles. The highest BCUT2D eigenvalue weighted by molar-refractivity contribution is 5.92. The van der Waals surface area contributed by atoms with E-state index in [9.17, 15) is 24.6 Å².